The fourth-order valence-electron chi connectivity index (χ4n) is 3.25. The van der Waals surface area contributed by atoms with Gasteiger partial charge in [-0.15, -0.1) is 11.3 Å². The summed E-state index contributed by atoms with van der Waals surface area (Å²) in [6.45, 7) is 2.47. The lowest BCUT2D eigenvalue weighted by atomic mass is 9.97. The molecule has 8 heteroatoms. The van der Waals surface area contributed by atoms with Gasteiger partial charge in [0.25, 0.3) is 5.91 Å². The Labute approximate surface area is 167 Å². The van der Waals surface area contributed by atoms with Crippen LogP contribution in [-0.2, 0) is 9.59 Å². The summed E-state index contributed by atoms with van der Waals surface area (Å²) in [7, 11) is 1.51. The maximum atomic E-state index is 12.7. The van der Waals surface area contributed by atoms with Gasteiger partial charge in [0.05, 0.1) is 23.6 Å². The third kappa shape index (κ3) is 4.69. The fraction of sp³-hybridized carbons (Fsp3) is 0.350. The number of nitrogens with one attached hydrogen (secondary N) is 2. The Morgan fingerprint density at radius 1 is 1.21 bits per heavy atom. The first kappa shape index (κ1) is 19.9. The molecule has 2 N–H and O–H groups in total. The highest BCUT2D eigenvalue weighted by Crippen LogP contribution is 2.29. The zero-order valence-electron chi connectivity index (χ0n) is 15.9. The minimum atomic E-state index is -0.274. The highest BCUT2D eigenvalue weighted by atomic mass is 32.1. The van der Waals surface area contributed by atoms with Crippen LogP contribution < -0.4 is 15.4 Å². The van der Waals surface area contributed by atoms with E-state index in [1.165, 1.54) is 25.4 Å². The van der Waals surface area contributed by atoms with Crippen LogP contribution in [0, 0.1) is 5.92 Å². The molecular formula is C20H23N3O4S. The van der Waals surface area contributed by atoms with E-state index in [1.54, 1.807) is 29.2 Å². The van der Waals surface area contributed by atoms with Crippen LogP contribution in [0.5, 0.6) is 5.75 Å². The van der Waals surface area contributed by atoms with Crippen LogP contribution in [0.3, 0.4) is 0 Å². The van der Waals surface area contributed by atoms with Crippen LogP contribution in [0.25, 0.3) is 0 Å². The second-order valence-electron chi connectivity index (χ2n) is 6.65. The Kier molecular flexibility index (Phi) is 6.30. The Morgan fingerprint density at radius 2 is 2.04 bits per heavy atom. The molecule has 0 unspecified atom stereocenters. The first-order valence-electron chi connectivity index (χ1n) is 9.07. The number of hydrogen-bond donors (Lipinski definition) is 2. The number of carbonyl (C=O) groups is 3. The van der Waals surface area contributed by atoms with Crippen molar-refractivity contribution in [3.05, 3.63) is 40.6 Å². The topological polar surface area (TPSA) is 87.7 Å². The lowest BCUT2D eigenvalue weighted by Crippen LogP contribution is -2.43. The molecule has 1 atom stereocenters. The first-order chi connectivity index (χ1) is 13.5. The van der Waals surface area contributed by atoms with E-state index in [1.807, 2.05) is 11.4 Å². The third-order valence-electron chi connectivity index (χ3n) is 4.59. The molecular weight excluding hydrogens is 378 g/mol. The molecule has 3 amide bonds. The second kappa shape index (κ2) is 8.88. The van der Waals surface area contributed by atoms with Crippen molar-refractivity contribution in [1.82, 2.24) is 4.90 Å². The molecule has 7 nitrogen and oxygen atoms in total. The van der Waals surface area contributed by atoms with Crippen LogP contribution in [-0.4, -0.2) is 42.8 Å². The molecule has 0 bridgehead atoms. The van der Waals surface area contributed by atoms with Crippen molar-refractivity contribution >= 4 is 40.4 Å². The monoisotopic (exact) mass is 401 g/mol. The number of piperidine rings is 1. The Hall–Kier alpha value is -2.87. The van der Waals surface area contributed by atoms with Gasteiger partial charge in [-0.25, -0.2) is 0 Å². The molecule has 0 saturated carbocycles. The van der Waals surface area contributed by atoms with Gasteiger partial charge < -0.3 is 20.3 Å². The number of methoxy groups -OCH3 is 1. The Bertz CT molecular complexity index is 866. The molecule has 1 saturated heterocycles. The number of amides is 3. The molecule has 1 aliphatic rings. The van der Waals surface area contributed by atoms with E-state index < -0.39 is 0 Å². The van der Waals surface area contributed by atoms with Crippen molar-refractivity contribution in [1.29, 1.82) is 0 Å². The van der Waals surface area contributed by atoms with Crippen molar-refractivity contribution < 1.29 is 19.1 Å². The highest BCUT2D eigenvalue weighted by molar-refractivity contribution is 7.12. The van der Waals surface area contributed by atoms with Crippen molar-refractivity contribution in [2.24, 2.45) is 5.92 Å². The van der Waals surface area contributed by atoms with Gasteiger partial charge in [-0.3, -0.25) is 14.4 Å². The van der Waals surface area contributed by atoms with Crippen LogP contribution >= 0.6 is 11.3 Å². The molecule has 3 rings (SSSR count). The second-order valence-corrected chi connectivity index (χ2v) is 7.60. The van der Waals surface area contributed by atoms with Gasteiger partial charge in [-0.1, -0.05) is 6.07 Å². The summed E-state index contributed by atoms with van der Waals surface area (Å²) in [4.78, 5) is 39.1. The molecule has 2 aromatic rings. The SMILES string of the molecule is COc1ccc(NC(=O)[C@@H]2CCCN(C(=O)c3cccs3)C2)cc1NC(C)=O. The van der Waals surface area contributed by atoms with Crippen molar-refractivity contribution in [2.75, 3.05) is 30.8 Å². The molecule has 1 aromatic heterocycles. The Morgan fingerprint density at radius 3 is 2.71 bits per heavy atom. The molecule has 1 fully saturated rings. The molecule has 2 heterocycles. The standard InChI is InChI=1S/C20H23N3O4S/c1-13(24)21-16-11-15(7-8-17(16)27-2)22-19(25)14-5-3-9-23(12-14)20(26)18-6-4-10-28-18/h4,6-8,10-11,14H,3,5,9,12H2,1-2H3,(H,21,24)(H,22,25)/t14-/m1/s1. The van der Waals surface area contributed by atoms with Gasteiger partial charge in [-0.05, 0) is 42.5 Å². The molecule has 0 aliphatic carbocycles. The molecule has 28 heavy (non-hydrogen) atoms. The van der Waals surface area contributed by atoms with Crippen LogP contribution in [0.1, 0.15) is 29.4 Å². The van der Waals surface area contributed by atoms with E-state index >= 15 is 0 Å². The quantitative estimate of drug-likeness (QED) is 0.805. The number of benzene rings is 1. The number of carbonyl (C=O) groups excluding carboxylic acids is 3. The summed E-state index contributed by atoms with van der Waals surface area (Å²) in [5.41, 5.74) is 1.06. The zero-order valence-corrected chi connectivity index (χ0v) is 16.7. The van der Waals surface area contributed by atoms with Crippen LogP contribution in [0.4, 0.5) is 11.4 Å². The first-order valence-corrected chi connectivity index (χ1v) is 9.95. The molecule has 1 aliphatic heterocycles. The zero-order chi connectivity index (χ0) is 20.1. The van der Waals surface area contributed by atoms with Gasteiger partial charge in [0.1, 0.15) is 5.75 Å². The predicted octanol–water partition coefficient (Wildman–Crippen LogP) is 3.21. The van der Waals surface area contributed by atoms with Gasteiger partial charge >= 0.3 is 0 Å². The van der Waals surface area contributed by atoms with Crippen LogP contribution in [0.2, 0.25) is 0 Å². The third-order valence-corrected chi connectivity index (χ3v) is 5.45. The molecule has 1 aromatic carbocycles. The average Bonchev–Trinajstić information content (AvgIpc) is 3.22. The number of anilines is 2. The number of likely N-dealkylation sites (tertiary alicyclic amines) is 1. The van der Waals surface area contributed by atoms with E-state index in [4.69, 9.17) is 4.74 Å². The highest BCUT2D eigenvalue weighted by Gasteiger charge is 2.29. The number of thiophene rings is 1. The van der Waals surface area contributed by atoms with E-state index in [9.17, 15) is 14.4 Å². The molecule has 148 valence electrons. The summed E-state index contributed by atoms with van der Waals surface area (Å²) in [6.07, 6.45) is 1.52. The fourth-order valence-corrected chi connectivity index (χ4v) is 3.94. The predicted molar refractivity (Wildman–Crippen MR) is 109 cm³/mol. The van der Waals surface area contributed by atoms with Crippen molar-refractivity contribution in [2.45, 2.75) is 19.8 Å². The van der Waals surface area contributed by atoms with E-state index in [-0.39, 0.29) is 23.6 Å². The summed E-state index contributed by atoms with van der Waals surface area (Å²) in [6, 6.07) is 8.73. The number of rotatable bonds is 5. The summed E-state index contributed by atoms with van der Waals surface area (Å²) in [5.74, 6) is -0.146. The average molecular weight is 401 g/mol. The summed E-state index contributed by atoms with van der Waals surface area (Å²) < 4.78 is 5.23. The lowest BCUT2D eigenvalue weighted by Gasteiger charge is -2.31. The number of ether oxygens (including phenoxy) is 1. The van der Waals surface area contributed by atoms with E-state index in [2.05, 4.69) is 10.6 Å². The van der Waals surface area contributed by atoms with Gasteiger partial charge in [0, 0.05) is 25.7 Å². The van der Waals surface area contributed by atoms with Gasteiger partial charge in [-0.2, -0.15) is 0 Å². The van der Waals surface area contributed by atoms with Crippen molar-refractivity contribution in [3.63, 3.8) is 0 Å². The largest absolute Gasteiger partial charge is 0.495 e. The maximum Gasteiger partial charge on any atom is 0.263 e. The van der Waals surface area contributed by atoms with E-state index in [0.717, 1.165) is 12.8 Å². The van der Waals surface area contributed by atoms with Gasteiger partial charge in [0.2, 0.25) is 11.8 Å². The summed E-state index contributed by atoms with van der Waals surface area (Å²) in [5, 5.41) is 7.45. The maximum absolute atomic E-state index is 12.7. The molecule has 0 radical (unpaired) electrons. The van der Waals surface area contributed by atoms with Gasteiger partial charge in [0.15, 0.2) is 0 Å². The summed E-state index contributed by atoms with van der Waals surface area (Å²) >= 11 is 1.41. The minimum absolute atomic E-state index is 0.0232. The lowest BCUT2D eigenvalue weighted by molar-refractivity contribution is -0.121. The smallest absolute Gasteiger partial charge is 0.263 e. The molecule has 0 spiro atoms. The minimum Gasteiger partial charge on any atom is -0.495 e. The number of hydrogen-bond acceptors (Lipinski definition) is 5. The van der Waals surface area contributed by atoms with Crippen molar-refractivity contribution in [3.8, 4) is 5.75 Å². The normalized spacial score (nSPS) is 16.4. The number of nitrogens with zero attached hydrogens (tertiary/aromatic N) is 1. The van der Waals surface area contributed by atoms with E-state index in [0.29, 0.717) is 35.1 Å². The van der Waals surface area contributed by atoms with Crippen LogP contribution in [0.15, 0.2) is 35.7 Å². The Balaban J connectivity index is 1.67.